The fourth-order valence-corrected chi connectivity index (χ4v) is 4.09. The molecule has 0 aliphatic heterocycles. The molecule has 0 aromatic heterocycles. The second-order valence-corrected chi connectivity index (χ2v) is 10.4. The molecule has 0 aliphatic carbocycles. The van der Waals surface area contributed by atoms with Crippen LogP contribution in [0.3, 0.4) is 0 Å². The standard InChI is InChI=1S/C30H49NO5S/c1-3-5-7-9-11-13-14-15-16-18-20-22-24-26-30(33)31-28(27-37(34,35)36)29(32)25-23-21-19-17-12-10-8-6-4-2/h5,7,11-13,15-17,20,22-23,25,28-29,32H,3-4,6,8-10,14,18-19,21,24,26-27H2,1-2H3,(H,31,33)(H,34,35,36)/b7-5-,13-11-,16-15-,17-12+,22-20-,25-23+. The lowest BCUT2D eigenvalue weighted by Gasteiger charge is -2.20. The van der Waals surface area contributed by atoms with Gasteiger partial charge in [-0.25, -0.2) is 0 Å². The first-order valence-electron chi connectivity index (χ1n) is 13.6. The number of aliphatic hydroxyl groups excluding tert-OH is 1. The summed E-state index contributed by atoms with van der Waals surface area (Å²) >= 11 is 0. The van der Waals surface area contributed by atoms with Crippen LogP contribution in [-0.2, 0) is 14.9 Å². The highest BCUT2D eigenvalue weighted by Crippen LogP contribution is 2.05. The molecular formula is C30H49NO5S. The SMILES string of the molecule is CC/C=C\C/C=C\C/C=C\C/C=C\CCC(=O)NC(CS(=O)(=O)O)C(O)/C=C/CC/C=C/CCCCC. The minimum atomic E-state index is -4.36. The lowest BCUT2D eigenvalue weighted by Crippen LogP contribution is -2.46. The van der Waals surface area contributed by atoms with Gasteiger partial charge in [-0.1, -0.05) is 99.6 Å². The minimum absolute atomic E-state index is 0.162. The molecule has 0 aromatic carbocycles. The maximum atomic E-state index is 12.3. The maximum Gasteiger partial charge on any atom is 0.267 e. The fourth-order valence-electron chi connectivity index (χ4n) is 3.35. The number of carbonyl (C=O) groups is 1. The van der Waals surface area contributed by atoms with Gasteiger partial charge >= 0.3 is 0 Å². The van der Waals surface area contributed by atoms with E-state index in [2.05, 4.69) is 67.8 Å². The summed E-state index contributed by atoms with van der Waals surface area (Å²) in [6.07, 6.45) is 33.4. The van der Waals surface area contributed by atoms with Gasteiger partial charge in [0, 0.05) is 6.42 Å². The van der Waals surface area contributed by atoms with Crippen LogP contribution in [0.25, 0.3) is 0 Å². The van der Waals surface area contributed by atoms with E-state index in [4.69, 9.17) is 0 Å². The summed E-state index contributed by atoms with van der Waals surface area (Å²) in [5, 5.41) is 12.9. The average molecular weight is 536 g/mol. The highest BCUT2D eigenvalue weighted by molar-refractivity contribution is 7.85. The Morgan fingerprint density at radius 2 is 1.30 bits per heavy atom. The Kier molecular flexibility index (Phi) is 22.7. The van der Waals surface area contributed by atoms with Crippen molar-refractivity contribution in [2.24, 2.45) is 0 Å². The van der Waals surface area contributed by atoms with E-state index in [1.807, 2.05) is 12.2 Å². The van der Waals surface area contributed by atoms with Crippen molar-refractivity contribution in [3.8, 4) is 0 Å². The number of hydrogen-bond donors (Lipinski definition) is 3. The molecule has 0 bridgehead atoms. The number of carbonyl (C=O) groups excluding carboxylic acids is 1. The molecule has 0 saturated heterocycles. The van der Waals surface area contributed by atoms with E-state index in [9.17, 15) is 22.9 Å². The molecule has 6 nitrogen and oxygen atoms in total. The third-order valence-corrected chi connectivity index (χ3v) is 6.16. The van der Waals surface area contributed by atoms with E-state index in [1.165, 1.54) is 25.3 Å². The molecule has 2 unspecified atom stereocenters. The van der Waals surface area contributed by atoms with Gasteiger partial charge < -0.3 is 10.4 Å². The molecular weight excluding hydrogens is 486 g/mol. The van der Waals surface area contributed by atoms with Gasteiger partial charge in [-0.05, 0) is 57.8 Å². The van der Waals surface area contributed by atoms with E-state index in [-0.39, 0.29) is 12.3 Å². The van der Waals surface area contributed by atoms with Crippen LogP contribution in [0.1, 0.15) is 90.9 Å². The summed E-state index contributed by atoms with van der Waals surface area (Å²) < 4.78 is 32.0. The minimum Gasteiger partial charge on any atom is -0.387 e. The van der Waals surface area contributed by atoms with Crippen molar-refractivity contribution < 1.29 is 22.9 Å². The monoisotopic (exact) mass is 535 g/mol. The Hall–Kier alpha value is -2.22. The molecule has 0 rings (SSSR count). The Morgan fingerprint density at radius 1 is 0.757 bits per heavy atom. The number of amides is 1. The summed E-state index contributed by atoms with van der Waals surface area (Å²) in [5.74, 6) is -1.12. The Balaban J connectivity index is 4.38. The highest BCUT2D eigenvalue weighted by atomic mass is 32.2. The first kappa shape index (κ1) is 34.8. The van der Waals surface area contributed by atoms with Crippen LogP contribution < -0.4 is 5.32 Å². The van der Waals surface area contributed by atoms with Gasteiger partial charge in [0.05, 0.1) is 17.9 Å². The number of unbranched alkanes of at least 4 members (excludes halogenated alkanes) is 4. The zero-order valence-electron chi connectivity index (χ0n) is 22.8. The topological polar surface area (TPSA) is 104 Å². The van der Waals surface area contributed by atoms with Crippen LogP contribution in [0.5, 0.6) is 0 Å². The second kappa shape index (κ2) is 24.1. The van der Waals surface area contributed by atoms with E-state index in [0.29, 0.717) is 12.8 Å². The molecule has 3 N–H and O–H groups in total. The number of rotatable bonds is 22. The van der Waals surface area contributed by atoms with Gasteiger partial charge in [-0.2, -0.15) is 8.42 Å². The van der Waals surface area contributed by atoms with Gasteiger partial charge in [0.25, 0.3) is 10.1 Å². The van der Waals surface area contributed by atoms with Crippen molar-refractivity contribution >= 4 is 16.0 Å². The van der Waals surface area contributed by atoms with Crippen molar-refractivity contribution in [3.63, 3.8) is 0 Å². The first-order valence-corrected chi connectivity index (χ1v) is 15.2. The van der Waals surface area contributed by atoms with E-state index < -0.39 is 28.0 Å². The molecule has 0 heterocycles. The maximum absolute atomic E-state index is 12.3. The predicted octanol–water partition coefficient (Wildman–Crippen LogP) is 6.78. The van der Waals surface area contributed by atoms with Crippen molar-refractivity contribution in [2.45, 2.75) is 103 Å². The second-order valence-electron chi connectivity index (χ2n) is 8.93. The van der Waals surface area contributed by atoms with Crippen LogP contribution in [0.15, 0.2) is 72.9 Å². The van der Waals surface area contributed by atoms with Crippen molar-refractivity contribution in [1.82, 2.24) is 5.32 Å². The van der Waals surface area contributed by atoms with Crippen molar-refractivity contribution in [3.05, 3.63) is 72.9 Å². The predicted molar refractivity (Wildman–Crippen MR) is 156 cm³/mol. The molecule has 0 fully saturated rings. The lowest BCUT2D eigenvalue weighted by atomic mass is 10.1. The third kappa shape index (κ3) is 25.2. The molecule has 0 aromatic rings. The fraction of sp³-hybridized carbons (Fsp3) is 0.567. The van der Waals surface area contributed by atoms with Gasteiger partial charge in [0.2, 0.25) is 5.91 Å². The number of allylic oxidation sites excluding steroid dienone is 11. The summed E-state index contributed by atoms with van der Waals surface area (Å²) in [5.41, 5.74) is 0. The van der Waals surface area contributed by atoms with Crippen LogP contribution >= 0.6 is 0 Å². The van der Waals surface area contributed by atoms with Crippen molar-refractivity contribution in [2.75, 3.05) is 5.75 Å². The molecule has 1 amide bonds. The van der Waals surface area contributed by atoms with Crippen molar-refractivity contribution in [1.29, 1.82) is 0 Å². The third-order valence-electron chi connectivity index (χ3n) is 5.38. The van der Waals surface area contributed by atoms with E-state index >= 15 is 0 Å². The molecule has 0 saturated carbocycles. The Morgan fingerprint density at radius 3 is 1.89 bits per heavy atom. The van der Waals surface area contributed by atoms with Gasteiger partial charge in [0.15, 0.2) is 0 Å². The Bertz CT molecular complexity index is 853. The quantitative estimate of drug-likeness (QED) is 0.0805. The highest BCUT2D eigenvalue weighted by Gasteiger charge is 2.24. The zero-order chi connectivity index (χ0) is 27.6. The largest absolute Gasteiger partial charge is 0.387 e. The van der Waals surface area contributed by atoms with Gasteiger partial charge in [0.1, 0.15) is 0 Å². The van der Waals surface area contributed by atoms with Crippen LogP contribution in [0, 0.1) is 0 Å². The molecule has 37 heavy (non-hydrogen) atoms. The smallest absolute Gasteiger partial charge is 0.267 e. The van der Waals surface area contributed by atoms with Gasteiger partial charge in [-0.3, -0.25) is 9.35 Å². The van der Waals surface area contributed by atoms with E-state index in [1.54, 1.807) is 6.08 Å². The zero-order valence-corrected chi connectivity index (χ0v) is 23.6. The Labute approximate surface area is 225 Å². The molecule has 0 spiro atoms. The molecule has 2 atom stereocenters. The first-order chi connectivity index (χ1) is 17.8. The molecule has 0 radical (unpaired) electrons. The number of aliphatic hydroxyl groups is 1. The molecule has 7 heteroatoms. The van der Waals surface area contributed by atoms with E-state index in [0.717, 1.165) is 38.5 Å². The van der Waals surface area contributed by atoms with Gasteiger partial charge in [-0.15, -0.1) is 0 Å². The summed E-state index contributed by atoms with van der Waals surface area (Å²) in [7, 11) is -4.36. The normalized spacial score (nSPS) is 14.8. The summed E-state index contributed by atoms with van der Waals surface area (Å²) in [4.78, 5) is 12.3. The molecule has 210 valence electrons. The average Bonchev–Trinajstić information content (AvgIpc) is 2.84. The molecule has 0 aliphatic rings. The summed E-state index contributed by atoms with van der Waals surface area (Å²) in [6.45, 7) is 4.28. The summed E-state index contributed by atoms with van der Waals surface area (Å²) in [6, 6.07) is -1.11. The van der Waals surface area contributed by atoms with Crippen LogP contribution in [-0.4, -0.2) is 41.9 Å². The number of nitrogens with one attached hydrogen (secondary N) is 1. The number of hydrogen-bond acceptors (Lipinski definition) is 4. The lowest BCUT2D eigenvalue weighted by molar-refractivity contribution is -0.122. The van der Waals surface area contributed by atoms with Crippen LogP contribution in [0.2, 0.25) is 0 Å². The van der Waals surface area contributed by atoms with Crippen LogP contribution in [0.4, 0.5) is 0 Å².